The summed E-state index contributed by atoms with van der Waals surface area (Å²) < 4.78 is 4.98. The third-order valence-electron chi connectivity index (χ3n) is 1.94. The molecule has 0 aliphatic rings. The summed E-state index contributed by atoms with van der Waals surface area (Å²) in [7, 11) is 0. The summed E-state index contributed by atoms with van der Waals surface area (Å²) in [5, 5.41) is 9.25. The Bertz CT molecular complexity index is 718. The molecule has 2 aromatic heterocycles. The van der Waals surface area contributed by atoms with Crippen molar-refractivity contribution in [2.45, 2.75) is 5.03 Å². The molecule has 9 nitrogen and oxygen atoms in total. The fourth-order valence-electron chi connectivity index (χ4n) is 1.13. The number of rotatable bonds is 5. The third kappa shape index (κ3) is 3.95. The van der Waals surface area contributed by atoms with Crippen molar-refractivity contribution in [3.05, 3.63) is 45.0 Å². The molecule has 3 N–H and O–H groups in total. The second-order valence-corrected chi connectivity index (χ2v) is 4.37. The number of amides is 1. The van der Waals surface area contributed by atoms with E-state index in [-0.39, 0.29) is 10.8 Å². The predicted molar refractivity (Wildman–Crippen MR) is 70.6 cm³/mol. The van der Waals surface area contributed by atoms with Crippen molar-refractivity contribution >= 4 is 23.9 Å². The van der Waals surface area contributed by atoms with Gasteiger partial charge in [-0.15, -0.1) is 0 Å². The first kappa shape index (κ1) is 13.8. The van der Waals surface area contributed by atoms with Gasteiger partial charge >= 0.3 is 5.69 Å². The zero-order valence-corrected chi connectivity index (χ0v) is 10.8. The summed E-state index contributed by atoms with van der Waals surface area (Å²) >= 11 is 0.877. The molecule has 0 aliphatic carbocycles. The molecule has 0 saturated carbocycles. The van der Waals surface area contributed by atoms with Crippen LogP contribution in [0.1, 0.15) is 5.76 Å². The van der Waals surface area contributed by atoms with Crippen LogP contribution in [0, 0.1) is 0 Å². The molecule has 1 amide bonds. The van der Waals surface area contributed by atoms with Gasteiger partial charge in [-0.3, -0.25) is 14.6 Å². The summed E-state index contributed by atoms with van der Waals surface area (Å²) in [6, 6.07) is 3.36. The molecule has 0 bridgehead atoms. The van der Waals surface area contributed by atoms with Crippen LogP contribution in [0.3, 0.4) is 0 Å². The number of nitrogens with zero attached hydrogens (tertiary/aromatic N) is 2. The number of aromatic nitrogens is 3. The lowest BCUT2D eigenvalue weighted by atomic mass is 10.5. The van der Waals surface area contributed by atoms with E-state index < -0.39 is 17.2 Å². The average Bonchev–Trinajstić information content (AvgIpc) is 2.91. The number of hydrogen-bond acceptors (Lipinski definition) is 7. The van der Waals surface area contributed by atoms with Crippen molar-refractivity contribution in [1.29, 1.82) is 0 Å². The minimum Gasteiger partial charge on any atom is -0.463 e. The Morgan fingerprint density at radius 3 is 3.10 bits per heavy atom. The number of furan rings is 1. The molecule has 0 spiro atoms. The van der Waals surface area contributed by atoms with Crippen molar-refractivity contribution < 1.29 is 9.21 Å². The smallest absolute Gasteiger partial charge is 0.342 e. The highest BCUT2D eigenvalue weighted by Gasteiger charge is 2.06. The van der Waals surface area contributed by atoms with Gasteiger partial charge in [-0.05, 0) is 12.1 Å². The molecule has 104 valence electrons. The van der Waals surface area contributed by atoms with Crippen molar-refractivity contribution in [3.8, 4) is 0 Å². The fraction of sp³-hybridized carbons (Fsp3) is 0.100. The monoisotopic (exact) mass is 295 g/mol. The average molecular weight is 295 g/mol. The highest BCUT2D eigenvalue weighted by molar-refractivity contribution is 7.99. The van der Waals surface area contributed by atoms with Gasteiger partial charge in [0.1, 0.15) is 5.76 Å². The lowest BCUT2D eigenvalue weighted by Crippen LogP contribution is -2.26. The highest BCUT2D eigenvalue weighted by Crippen LogP contribution is 2.06. The molecule has 20 heavy (non-hydrogen) atoms. The van der Waals surface area contributed by atoms with Crippen LogP contribution in [0.5, 0.6) is 0 Å². The lowest BCUT2D eigenvalue weighted by Gasteiger charge is -1.98. The van der Waals surface area contributed by atoms with Gasteiger partial charge in [0.05, 0.1) is 18.2 Å². The van der Waals surface area contributed by atoms with Crippen molar-refractivity contribution in [3.63, 3.8) is 0 Å². The number of aromatic amines is 2. The van der Waals surface area contributed by atoms with Gasteiger partial charge < -0.3 is 4.42 Å². The zero-order valence-electron chi connectivity index (χ0n) is 9.95. The van der Waals surface area contributed by atoms with Crippen LogP contribution in [0.4, 0.5) is 0 Å². The molecule has 0 unspecified atom stereocenters. The third-order valence-corrected chi connectivity index (χ3v) is 2.90. The zero-order chi connectivity index (χ0) is 14.4. The lowest BCUT2D eigenvalue weighted by molar-refractivity contribution is -0.118. The molecular weight excluding hydrogens is 286 g/mol. The summed E-state index contributed by atoms with van der Waals surface area (Å²) in [4.78, 5) is 35.5. The predicted octanol–water partition coefficient (Wildman–Crippen LogP) is -0.706. The van der Waals surface area contributed by atoms with Crippen LogP contribution in [0.25, 0.3) is 0 Å². The number of hydrazone groups is 1. The number of carbonyl (C=O) groups is 1. The molecule has 2 rings (SSSR count). The van der Waals surface area contributed by atoms with Crippen LogP contribution >= 0.6 is 11.8 Å². The number of hydrogen-bond donors (Lipinski definition) is 3. The van der Waals surface area contributed by atoms with Crippen molar-refractivity contribution in [1.82, 2.24) is 20.6 Å². The van der Waals surface area contributed by atoms with Gasteiger partial charge in [0.2, 0.25) is 5.91 Å². The Balaban J connectivity index is 1.83. The molecular formula is C10H9N5O4S. The molecule has 2 aromatic rings. The van der Waals surface area contributed by atoms with Crippen molar-refractivity contribution in [2.75, 3.05) is 5.75 Å². The summed E-state index contributed by atoms with van der Waals surface area (Å²) in [6.45, 7) is 0. The summed E-state index contributed by atoms with van der Waals surface area (Å²) in [5.74, 6) is -0.000599. The standard InChI is InChI=1S/C10H9N5O4S/c16-7(13-11-4-6-2-1-3-19-6)5-20-9-8(17)12-10(18)15-14-9/h1-4H,5H2,(H,13,16)(H2,12,15,17,18)/b11-4-. The molecule has 0 fully saturated rings. The number of H-pyrrole nitrogens is 2. The van der Waals surface area contributed by atoms with E-state index in [1.807, 2.05) is 4.98 Å². The summed E-state index contributed by atoms with van der Waals surface area (Å²) in [6.07, 6.45) is 2.82. The Hall–Kier alpha value is -2.62. The molecule has 0 atom stereocenters. The van der Waals surface area contributed by atoms with E-state index in [4.69, 9.17) is 4.42 Å². The van der Waals surface area contributed by atoms with Crippen LogP contribution in [0.2, 0.25) is 0 Å². The highest BCUT2D eigenvalue weighted by atomic mass is 32.2. The van der Waals surface area contributed by atoms with E-state index >= 15 is 0 Å². The van der Waals surface area contributed by atoms with E-state index in [0.29, 0.717) is 5.76 Å². The first-order valence-corrected chi connectivity index (χ1v) is 6.31. The maximum atomic E-state index is 11.4. The molecule has 0 aliphatic heterocycles. The van der Waals surface area contributed by atoms with Gasteiger partial charge in [-0.1, -0.05) is 11.8 Å². The van der Waals surface area contributed by atoms with E-state index in [0.717, 1.165) is 11.8 Å². The maximum absolute atomic E-state index is 11.4. The van der Waals surface area contributed by atoms with E-state index in [9.17, 15) is 14.4 Å². The number of carbonyl (C=O) groups excluding carboxylic acids is 1. The molecule has 0 radical (unpaired) electrons. The number of nitrogens with one attached hydrogen (secondary N) is 3. The largest absolute Gasteiger partial charge is 0.463 e. The van der Waals surface area contributed by atoms with Gasteiger partial charge in [0.25, 0.3) is 5.56 Å². The quantitative estimate of drug-likeness (QED) is 0.379. The first-order chi connectivity index (χ1) is 9.65. The molecule has 10 heteroatoms. The van der Waals surface area contributed by atoms with Crippen LogP contribution in [-0.2, 0) is 4.79 Å². The van der Waals surface area contributed by atoms with E-state index in [2.05, 4.69) is 20.7 Å². The van der Waals surface area contributed by atoms with Crippen LogP contribution < -0.4 is 16.7 Å². The van der Waals surface area contributed by atoms with E-state index in [1.54, 1.807) is 12.1 Å². The van der Waals surface area contributed by atoms with E-state index in [1.165, 1.54) is 12.5 Å². The summed E-state index contributed by atoms with van der Waals surface area (Å²) in [5.41, 5.74) is 0.910. The molecule has 2 heterocycles. The Kier molecular flexibility index (Phi) is 4.50. The Morgan fingerprint density at radius 2 is 2.40 bits per heavy atom. The van der Waals surface area contributed by atoms with Crippen LogP contribution in [-0.4, -0.2) is 33.1 Å². The molecule has 0 aromatic carbocycles. The Morgan fingerprint density at radius 1 is 1.55 bits per heavy atom. The normalized spacial score (nSPS) is 10.8. The second-order valence-electron chi connectivity index (χ2n) is 3.41. The minimum atomic E-state index is -0.702. The fourth-order valence-corrected chi connectivity index (χ4v) is 1.76. The maximum Gasteiger partial charge on any atom is 0.342 e. The number of thioether (sulfide) groups is 1. The van der Waals surface area contributed by atoms with Gasteiger partial charge in [0, 0.05) is 0 Å². The van der Waals surface area contributed by atoms with Gasteiger partial charge in [0.15, 0.2) is 5.03 Å². The topological polar surface area (TPSA) is 133 Å². The van der Waals surface area contributed by atoms with Gasteiger partial charge in [-0.2, -0.15) is 10.2 Å². The van der Waals surface area contributed by atoms with Crippen molar-refractivity contribution in [2.24, 2.45) is 5.10 Å². The molecule has 0 saturated heterocycles. The SMILES string of the molecule is O=C(CSc1n[nH]c(=O)[nH]c1=O)N/N=C\c1ccco1. The Labute approximate surface area is 115 Å². The first-order valence-electron chi connectivity index (χ1n) is 5.32. The van der Waals surface area contributed by atoms with Crippen LogP contribution in [0.15, 0.2) is 42.5 Å². The van der Waals surface area contributed by atoms with Gasteiger partial charge in [-0.25, -0.2) is 15.3 Å². The minimum absolute atomic E-state index is 0.00485. The second kappa shape index (κ2) is 6.52.